The molecule has 5 nitrogen and oxygen atoms in total. The Hall–Kier alpha value is -1.75. The Morgan fingerprint density at radius 1 is 1.36 bits per heavy atom. The van der Waals surface area contributed by atoms with Crippen LogP contribution in [0.1, 0.15) is 32.3 Å². The van der Waals surface area contributed by atoms with E-state index in [4.69, 9.17) is 16.3 Å². The number of ether oxygens (including phenoxy) is 1. The molecule has 22 heavy (non-hydrogen) atoms. The number of hydrogen-bond acceptors (Lipinski definition) is 3. The Morgan fingerprint density at radius 2 is 2.05 bits per heavy atom. The minimum absolute atomic E-state index is 0.00902. The molecule has 0 unspecified atom stereocenters. The lowest BCUT2D eigenvalue weighted by Crippen LogP contribution is -2.37. The van der Waals surface area contributed by atoms with Crippen LogP contribution in [-0.4, -0.2) is 32.0 Å². The quantitative estimate of drug-likeness (QED) is 0.838. The van der Waals surface area contributed by atoms with E-state index in [1.54, 1.807) is 11.0 Å². The van der Waals surface area contributed by atoms with E-state index >= 15 is 0 Å². The van der Waals surface area contributed by atoms with Crippen LogP contribution in [0.25, 0.3) is 0 Å². The van der Waals surface area contributed by atoms with Crippen molar-refractivity contribution in [1.29, 1.82) is 0 Å². The Kier molecular flexibility index (Phi) is 7.18. The highest BCUT2D eigenvalue weighted by Crippen LogP contribution is 2.33. The fourth-order valence-electron chi connectivity index (χ4n) is 2.09. The Morgan fingerprint density at radius 3 is 2.59 bits per heavy atom. The van der Waals surface area contributed by atoms with E-state index in [-0.39, 0.29) is 11.8 Å². The van der Waals surface area contributed by atoms with Gasteiger partial charge in [-0.15, -0.1) is 0 Å². The number of nitrogens with one attached hydrogen (secondary N) is 1. The van der Waals surface area contributed by atoms with Crippen LogP contribution < -0.4 is 15.0 Å². The predicted molar refractivity (Wildman–Crippen MR) is 88.7 cm³/mol. The van der Waals surface area contributed by atoms with Crippen molar-refractivity contribution in [3.63, 3.8) is 0 Å². The van der Waals surface area contributed by atoms with Gasteiger partial charge in [-0.3, -0.25) is 9.59 Å². The molecule has 0 heterocycles. The summed E-state index contributed by atoms with van der Waals surface area (Å²) in [5.74, 6) is 0.403. The van der Waals surface area contributed by atoms with E-state index in [0.717, 1.165) is 12.0 Å². The summed E-state index contributed by atoms with van der Waals surface area (Å²) < 4.78 is 5.31. The van der Waals surface area contributed by atoms with E-state index in [1.807, 2.05) is 19.9 Å². The first kappa shape index (κ1) is 18.3. The van der Waals surface area contributed by atoms with Crippen LogP contribution >= 0.6 is 11.6 Å². The van der Waals surface area contributed by atoms with Crippen molar-refractivity contribution in [3.8, 4) is 5.75 Å². The molecule has 0 aliphatic heterocycles. The summed E-state index contributed by atoms with van der Waals surface area (Å²) in [5, 5.41) is 3.39. The van der Waals surface area contributed by atoms with Gasteiger partial charge in [0.25, 0.3) is 0 Å². The molecular formula is C16H23ClN2O3. The van der Waals surface area contributed by atoms with E-state index in [9.17, 15) is 9.59 Å². The van der Waals surface area contributed by atoms with Crippen molar-refractivity contribution in [2.45, 2.75) is 33.6 Å². The van der Waals surface area contributed by atoms with Crippen molar-refractivity contribution in [1.82, 2.24) is 5.32 Å². The molecule has 122 valence electrons. The summed E-state index contributed by atoms with van der Waals surface area (Å²) in [6, 6.07) is 3.51. The number of carbonyl (C=O) groups excluding carboxylic acids is 2. The highest BCUT2D eigenvalue weighted by Gasteiger charge is 2.17. The molecule has 0 radical (unpaired) electrons. The molecule has 0 saturated heterocycles. The number of nitrogens with zero attached hydrogens (tertiary/aromatic N) is 1. The molecule has 0 aliphatic carbocycles. The number of halogens is 1. The minimum atomic E-state index is -0.121. The number of rotatable bonds is 7. The van der Waals surface area contributed by atoms with Gasteiger partial charge in [-0.2, -0.15) is 0 Å². The number of aryl methyl sites for hydroxylation is 1. The first-order valence-corrected chi connectivity index (χ1v) is 7.67. The molecule has 0 saturated carbocycles. The second-order valence-corrected chi connectivity index (χ2v) is 5.45. The smallest absolute Gasteiger partial charge is 0.224 e. The van der Waals surface area contributed by atoms with E-state index < -0.39 is 0 Å². The van der Waals surface area contributed by atoms with Gasteiger partial charge in [0.2, 0.25) is 11.8 Å². The first-order valence-electron chi connectivity index (χ1n) is 7.29. The second-order valence-electron chi connectivity index (χ2n) is 5.04. The Labute approximate surface area is 136 Å². The highest BCUT2D eigenvalue weighted by atomic mass is 35.5. The molecular weight excluding hydrogens is 304 g/mol. The van der Waals surface area contributed by atoms with Gasteiger partial charge in [-0.05, 0) is 25.0 Å². The highest BCUT2D eigenvalue weighted by molar-refractivity contribution is 6.31. The number of hydrogen-bond donors (Lipinski definition) is 1. The molecule has 0 bridgehead atoms. The fourth-order valence-corrected chi connectivity index (χ4v) is 2.25. The predicted octanol–water partition coefficient (Wildman–Crippen LogP) is 2.93. The van der Waals surface area contributed by atoms with Gasteiger partial charge in [0.05, 0.1) is 12.8 Å². The van der Waals surface area contributed by atoms with Gasteiger partial charge in [-0.1, -0.05) is 18.5 Å². The third-order valence-electron chi connectivity index (χ3n) is 3.27. The number of methoxy groups -OCH3 is 1. The van der Waals surface area contributed by atoms with Gasteiger partial charge >= 0.3 is 0 Å². The molecule has 0 aliphatic rings. The molecule has 0 fully saturated rings. The Bertz CT molecular complexity index is 546. The summed E-state index contributed by atoms with van der Waals surface area (Å²) in [5.41, 5.74) is 1.51. The maximum atomic E-state index is 11.9. The van der Waals surface area contributed by atoms with Gasteiger partial charge in [0.15, 0.2) is 0 Å². The van der Waals surface area contributed by atoms with Gasteiger partial charge in [0, 0.05) is 37.5 Å². The van der Waals surface area contributed by atoms with Crippen molar-refractivity contribution >= 4 is 29.1 Å². The standard InChI is InChI=1S/C16H23ClN2O3/c1-5-6-16(21)18-7-8-19(12(3)20)14-9-11(2)13(17)10-15(14)22-4/h9-10H,5-8H2,1-4H3,(H,18,21). The van der Waals surface area contributed by atoms with Crippen LogP contribution in [-0.2, 0) is 9.59 Å². The van der Waals surface area contributed by atoms with Gasteiger partial charge < -0.3 is 15.0 Å². The number of benzene rings is 1. The number of carbonyl (C=O) groups is 2. The first-order chi connectivity index (χ1) is 10.4. The largest absolute Gasteiger partial charge is 0.495 e. The van der Waals surface area contributed by atoms with E-state index in [1.165, 1.54) is 14.0 Å². The molecule has 0 spiro atoms. The molecule has 2 amide bonds. The van der Waals surface area contributed by atoms with Crippen molar-refractivity contribution < 1.29 is 14.3 Å². The molecule has 0 aromatic heterocycles. The lowest BCUT2D eigenvalue weighted by molar-refractivity contribution is -0.121. The molecule has 1 rings (SSSR count). The number of anilines is 1. The molecule has 1 N–H and O–H groups in total. The van der Waals surface area contributed by atoms with Crippen molar-refractivity contribution in [2.75, 3.05) is 25.1 Å². The van der Waals surface area contributed by atoms with Crippen LogP contribution in [0.2, 0.25) is 5.02 Å². The average molecular weight is 327 g/mol. The summed E-state index contributed by atoms with van der Waals surface area (Å²) in [6.45, 7) is 6.07. The summed E-state index contributed by atoms with van der Waals surface area (Å²) in [4.78, 5) is 25.0. The van der Waals surface area contributed by atoms with Gasteiger partial charge in [-0.25, -0.2) is 0 Å². The van der Waals surface area contributed by atoms with E-state index in [2.05, 4.69) is 5.32 Å². The van der Waals surface area contributed by atoms with Crippen LogP contribution in [0.4, 0.5) is 5.69 Å². The zero-order valence-electron chi connectivity index (χ0n) is 13.5. The van der Waals surface area contributed by atoms with Crippen LogP contribution in [0.15, 0.2) is 12.1 Å². The Balaban J connectivity index is 2.90. The molecule has 1 aromatic carbocycles. The van der Waals surface area contributed by atoms with Crippen molar-refractivity contribution in [2.24, 2.45) is 0 Å². The minimum Gasteiger partial charge on any atom is -0.495 e. The lowest BCUT2D eigenvalue weighted by atomic mass is 10.2. The molecule has 1 aromatic rings. The summed E-state index contributed by atoms with van der Waals surface area (Å²) in [7, 11) is 1.53. The average Bonchev–Trinajstić information content (AvgIpc) is 2.46. The topological polar surface area (TPSA) is 58.6 Å². The van der Waals surface area contributed by atoms with Gasteiger partial charge in [0.1, 0.15) is 5.75 Å². The normalized spacial score (nSPS) is 10.2. The third-order valence-corrected chi connectivity index (χ3v) is 3.67. The summed E-state index contributed by atoms with van der Waals surface area (Å²) >= 11 is 6.09. The SMILES string of the molecule is CCCC(=O)NCCN(C(C)=O)c1cc(C)c(Cl)cc1OC. The lowest BCUT2D eigenvalue weighted by Gasteiger charge is -2.24. The second kappa shape index (κ2) is 8.63. The maximum absolute atomic E-state index is 11.9. The number of amides is 2. The van der Waals surface area contributed by atoms with Crippen LogP contribution in [0.5, 0.6) is 5.75 Å². The fraction of sp³-hybridized carbons (Fsp3) is 0.500. The maximum Gasteiger partial charge on any atom is 0.224 e. The van der Waals surface area contributed by atoms with Crippen molar-refractivity contribution in [3.05, 3.63) is 22.7 Å². The van der Waals surface area contributed by atoms with Crippen LogP contribution in [0.3, 0.4) is 0 Å². The zero-order valence-corrected chi connectivity index (χ0v) is 14.3. The summed E-state index contributed by atoms with van der Waals surface area (Å²) in [6.07, 6.45) is 1.29. The molecule has 0 atom stereocenters. The molecule has 6 heteroatoms. The zero-order chi connectivity index (χ0) is 16.7. The monoisotopic (exact) mass is 326 g/mol. The van der Waals surface area contributed by atoms with Crippen LogP contribution in [0, 0.1) is 6.92 Å². The third kappa shape index (κ3) is 4.91. The van der Waals surface area contributed by atoms with E-state index in [0.29, 0.717) is 36.0 Å².